The van der Waals surface area contributed by atoms with Gasteiger partial charge in [0.15, 0.2) is 0 Å². The summed E-state index contributed by atoms with van der Waals surface area (Å²) >= 11 is 0. The number of nitrogens with zero attached hydrogens (tertiary/aromatic N) is 1. The van der Waals surface area contributed by atoms with Gasteiger partial charge in [-0.3, -0.25) is 4.98 Å². The van der Waals surface area contributed by atoms with Crippen molar-refractivity contribution in [1.82, 2.24) is 10.3 Å². The summed E-state index contributed by atoms with van der Waals surface area (Å²) in [6.45, 7) is 5.80. The van der Waals surface area contributed by atoms with Crippen LogP contribution in [-0.4, -0.2) is 17.6 Å². The molecule has 0 aromatic carbocycles. The lowest BCUT2D eigenvalue weighted by atomic mass is 9.84. The van der Waals surface area contributed by atoms with E-state index in [1.54, 1.807) is 0 Å². The topological polar surface area (TPSA) is 24.9 Å². The molecule has 88 valence electrons. The number of aromatic nitrogens is 1. The van der Waals surface area contributed by atoms with Crippen molar-refractivity contribution in [2.75, 3.05) is 6.54 Å². The number of nitrogens with one attached hydrogen (secondary N) is 1. The smallest absolute Gasteiger partial charge is 0.0408 e. The number of rotatable bonds is 6. The van der Waals surface area contributed by atoms with E-state index in [0.717, 1.165) is 19.0 Å². The molecule has 0 spiro atoms. The van der Waals surface area contributed by atoms with Gasteiger partial charge in [-0.05, 0) is 49.8 Å². The molecule has 1 aliphatic carbocycles. The van der Waals surface area contributed by atoms with Crippen LogP contribution in [0.2, 0.25) is 0 Å². The van der Waals surface area contributed by atoms with Crippen LogP contribution in [0.15, 0.2) is 24.4 Å². The van der Waals surface area contributed by atoms with E-state index in [2.05, 4.69) is 36.3 Å². The van der Waals surface area contributed by atoms with Gasteiger partial charge in [0, 0.05) is 17.9 Å². The monoisotopic (exact) mass is 218 g/mol. The van der Waals surface area contributed by atoms with Crippen LogP contribution in [0.25, 0.3) is 0 Å². The first-order valence-electron chi connectivity index (χ1n) is 6.29. The molecule has 1 saturated carbocycles. The van der Waals surface area contributed by atoms with Crippen LogP contribution in [0.3, 0.4) is 0 Å². The van der Waals surface area contributed by atoms with Crippen LogP contribution >= 0.6 is 0 Å². The predicted octanol–water partition coefficient (Wildman–Crippen LogP) is 2.79. The highest BCUT2D eigenvalue weighted by Gasteiger charge is 2.23. The van der Waals surface area contributed by atoms with Crippen molar-refractivity contribution >= 4 is 0 Å². The molecule has 0 bridgehead atoms. The average molecular weight is 218 g/mol. The Morgan fingerprint density at radius 2 is 2.19 bits per heavy atom. The van der Waals surface area contributed by atoms with Crippen molar-refractivity contribution in [3.05, 3.63) is 30.1 Å². The quantitative estimate of drug-likeness (QED) is 0.794. The first-order chi connectivity index (χ1) is 7.66. The minimum atomic E-state index is 0.343. The molecule has 0 unspecified atom stereocenters. The Morgan fingerprint density at radius 1 is 1.38 bits per heavy atom. The maximum atomic E-state index is 4.40. The summed E-state index contributed by atoms with van der Waals surface area (Å²) in [6.07, 6.45) is 6.93. The Balaban J connectivity index is 1.76. The molecule has 0 saturated heterocycles. The number of pyridine rings is 1. The third-order valence-electron chi connectivity index (χ3n) is 3.20. The third kappa shape index (κ3) is 3.93. The Morgan fingerprint density at radius 3 is 2.81 bits per heavy atom. The van der Waals surface area contributed by atoms with Crippen molar-refractivity contribution in [3.8, 4) is 0 Å². The molecule has 1 aromatic heterocycles. The van der Waals surface area contributed by atoms with Gasteiger partial charge < -0.3 is 5.32 Å². The normalized spacial score (nSPS) is 16.4. The Labute approximate surface area is 98.5 Å². The lowest BCUT2D eigenvalue weighted by Gasteiger charge is -2.24. The summed E-state index contributed by atoms with van der Waals surface area (Å²) in [5, 5.41) is 3.58. The molecule has 0 aliphatic heterocycles. The molecule has 0 atom stereocenters. The second-order valence-electron chi connectivity index (χ2n) is 5.64. The van der Waals surface area contributed by atoms with E-state index < -0.39 is 0 Å². The number of hydrogen-bond acceptors (Lipinski definition) is 2. The second kappa shape index (κ2) is 4.96. The molecule has 16 heavy (non-hydrogen) atoms. The Kier molecular flexibility index (Phi) is 3.59. The summed E-state index contributed by atoms with van der Waals surface area (Å²) in [6, 6.07) is 6.99. The van der Waals surface area contributed by atoms with Gasteiger partial charge in [-0.2, -0.15) is 0 Å². The van der Waals surface area contributed by atoms with E-state index in [1.807, 2.05) is 12.3 Å². The fraction of sp³-hybridized carbons (Fsp3) is 0.643. The fourth-order valence-electron chi connectivity index (χ4n) is 1.98. The summed E-state index contributed by atoms with van der Waals surface area (Å²) < 4.78 is 0. The fourth-order valence-corrected chi connectivity index (χ4v) is 1.98. The van der Waals surface area contributed by atoms with Crippen molar-refractivity contribution in [2.24, 2.45) is 5.41 Å². The summed E-state index contributed by atoms with van der Waals surface area (Å²) in [4.78, 5) is 4.40. The minimum Gasteiger partial charge on any atom is -0.314 e. The van der Waals surface area contributed by atoms with Crippen LogP contribution in [-0.2, 0) is 6.42 Å². The van der Waals surface area contributed by atoms with E-state index in [-0.39, 0.29) is 0 Å². The highest BCUT2D eigenvalue weighted by atomic mass is 14.9. The van der Waals surface area contributed by atoms with Crippen molar-refractivity contribution in [1.29, 1.82) is 0 Å². The molecule has 2 nitrogen and oxygen atoms in total. The standard InChI is InChI=1S/C14H22N2/c1-14(2,8-10-16-12-6-7-12)11-13-5-3-4-9-15-13/h3-5,9,12,16H,6-8,10-11H2,1-2H3. The Bertz CT molecular complexity index is 315. The molecule has 1 heterocycles. The van der Waals surface area contributed by atoms with Gasteiger partial charge in [0.25, 0.3) is 0 Å². The molecule has 2 heteroatoms. The van der Waals surface area contributed by atoms with E-state index in [4.69, 9.17) is 0 Å². The molecule has 1 fully saturated rings. The SMILES string of the molecule is CC(C)(CCNC1CC1)Cc1ccccn1. The lowest BCUT2D eigenvalue weighted by Crippen LogP contribution is -2.25. The summed E-state index contributed by atoms with van der Waals surface area (Å²) in [5.41, 5.74) is 1.55. The van der Waals surface area contributed by atoms with Crippen LogP contribution in [0.4, 0.5) is 0 Å². The zero-order valence-corrected chi connectivity index (χ0v) is 10.4. The second-order valence-corrected chi connectivity index (χ2v) is 5.64. The van der Waals surface area contributed by atoms with Crippen LogP contribution < -0.4 is 5.32 Å². The summed E-state index contributed by atoms with van der Waals surface area (Å²) in [7, 11) is 0. The van der Waals surface area contributed by atoms with Gasteiger partial charge in [0.1, 0.15) is 0 Å². The Hall–Kier alpha value is -0.890. The molecule has 1 aromatic rings. The maximum absolute atomic E-state index is 4.40. The van der Waals surface area contributed by atoms with Gasteiger partial charge in [0.2, 0.25) is 0 Å². The van der Waals surface area contributed by atoms with E-state index >= 15 is 0 Å². The third-order valence-corrected chi connectivity index (χ3v) is 3.20. The average Bonchev–Trinajstić information content (AvgIpc) is 3.02. The van der Waals surface area contributed by atoms with E-state index in [9.17, 15) is 0 Å². The first kappa shape index (κ1) is 11.6. The maximum Gasteiger partial charge on any atom is 0.0408 e. The number of hydrogen-bond donors (Lipinski definition) is 1. The molecule has 1 aliphatic rings. The molecule has 1 N–H and O–H groups in total. The largest absolute Gasteiger partial charge is 0.314 e. The van der Waals surface area contributed by atoms with Gasteiger partial charge in [0.05, 0.1) is 0 Å². The van der Waals surface area contributed by atoms with Gasteiger partial charge >= 0.3 is 0 Å². The van der Waals surface area contributed by atoms with Crippen LogP contribution in [0.5, 0.6) is 0 Å². The molecular weight excluding hydrogens is 196 g/mol. The summed E-state index contributed by atoms with van der Waals surface area (Å²) in [5.74, 6) is 0. The van der Waals surface area contributed by atoms with Crippen molar-refractivity contribution in [3.63, 3.8) is 0 Å². The van der Waals surface area contributed by atoms with Gasteiger partial charge in [-0.25, -0.2) is 0 Å². The van der Waals surface area contributed by atoms with E-state index in [0.29, 0.717) is 5.41 Å². The van der Waals surface area contributed by atoms with Gasteiger partial charge in [-0.15, -0.1) is 0 Å². The van der Waals surface area contributed by atoms with Crippen molar-refractivity contribution in [2.45, 2.75) is 45.6 Å². The molecular formula is C14H22N2. The highest BCUT2D eigenvalue weighted by Crippen LogP contribution is 2.25. The lowest BCUT2D eigenvalue weighted by molar-refractivity contribution is 0.322. The zero-order valence-electron chi connectivity index (χ0n) is 10.4. The van der Waals surface area contributed by atoms with Crippen LogP contribution in [0, 0.1) is 5.41 Å². The highest BCUT2D eigenvalue weighted by molar-refractivity contribution is 5.05. The van der Waals surface area contributed by atoms with E-state index in [1.165, 1.54) is 25.0 Å². The first-order valence-corrected chi connectivity index (χ1v) is 6.29. The molecule has 0 radical (unpaired) electrons. The zero-order chi connectivity index (χ0) is 11.4. The minimum absolute atomic E-state index is 0.343. The molecule has 0 amide bonds. The van der Waals surface area contributed by atoms with Crippen LogP contribution in [0.1, 0.15) is 38.8 Å². The molecule has 2 rings (SSSR count). The van der Waals surface area contributed by atoms with Crippen molar-refractivity contribution < 1.29 is 0 Å². The predicted molar refractivity (Wildman–Crippen MR) is 67.4 cm³/mol. The van der Waals surface area contributed by atoms with Gasteiger partial charge in [-0.1, -0.05) is 19.9 Å².